The summed E-state index contributed by atoms with van der Waals surface area (Å²) in [5.41, 5.74) is 0.988. The molecule has 0 bridgehead atoms. The van der Waals surface area contributed by atoms with E-state index < -0.39 is 5.97 Å². The van der Waals surface area contributed by atoms with E-state index in [0.717, 1.165) is 18.0 Å². The first kappa shape index (κ1) is 14.2. The second-order valence-corrected chi connectivity index (χ2v) is 5.26. The molecular weight excluding hydrogens is 258 g/mol. The third kappa shape index (κ3) is 4.48. The lowest BCUT2D eigenvalue weighted by Gasteiger charge is -2.12. The fourth-order valence-electron chi connectivity index (χ4n) is 1.43. The molecule has 0 aliphatic carbocycles. The Kier molecular flexibility index (Phi) is 5.65. The van der Waals surface area contributed by atoms with E-state index in [-0.39, 0.29) is 10.6 Å². The first-order valence-corrected chi connectivity index (χ1v) is 7.07. The summed E-state index contributed by atoms with van der Waals surface area (Å²) in [5.74, 6) is 0.647. The Balaban J connectivity index is 2.62. The third-order valence-corrected chi connectivity index (χ3v) is 3.52. The minimum atomic E-state index is -1.00. The van der Waals surface area contributed by atoms with E-state index in [0.29, 0.717) is 5.92 Å². The van der Waals surface area contributed by atoms with Crippen LogP contribution in [0.3, 0.4) is 0 Å². The van der Waals surface area contributed by atoms with E-state index in [9.17, 15) is 4.79 Å². The SMILES string of the molecule is CSCC(C)CNc1ccc(C(=O)O)c(Cl)c1. The number of anilines is 1. The maximum atomic E-state index is 10.8. The number of thioether (sulfide) groups is 1. The van der Waals surface area contributed by atoms with Gasteiger partial charge in [0.15, 0.2) is 0 Å². The lowest BCUT2D eigenvalue weighted by Crippen LogP contribution is -2.13. The summed E-state index contributed by atoms with van der Waals surface area (Å²) in [7, 11) is 0. The van der Waals surface area contributed by atoms with Crippen molar-refractivity contribution >= 4 is 35.0 Å². The fraction of sp³-hybridized carbons (Fsp3) is 0.417. The largest absolute Gasteiger partial charge is 0.478 e. The van der Waals surface area contributed by atoms with Gasteiger partial charge in [0.25, 0.3) is 0 Å². The number of carbonyl (C=O) groups is 1. The molecule has 3 nitrogen and oxygen atoms in total. The Morgan fingerprint density at radius 3 is 2.82 bits per heavy atom. The maximum absolute atomic E-state index is 10.8. The molecule has 17 heavy (non-hydrogen) atoms. The molecule has 0 aromatic heterocycles. The Morgan fingerprint density at radius 2 is 2.29 bits per heavy atom. The molecule has 0 amide bonds. The average molecular weight is 274 g/mol. The minimum Gasteiger partial charge on any atom is -0.478 e. The van der Waals surface area contributed by atoms with Crippen molar-refractivity contribution in [2.75, 3.05) is 23.9 Å². The van der Waals surface area contributed by atoms with Crippen LogP contribution in [0.5, 0.6) is 0 Å². The second kappa shape index (κ2) is 6.77. The van der Waals surface area contributed by atoms with Crippen molar-refractivity contribution in [2.24, 2.45) is 5.92 Å². The number of nitrogens with one attached hydrogen (secondary N) is 1. The zero-order valence-electron chi connectivity index (χ0n) is 9.87. The molecule has 1 atom stereocenters. The predicted octanol–water partition coefficient (Wildman–Crippen LogP) is 3.45. The van der Waals surface area contributed by atoms with Gasteiger partial charge in [-0.25, -0.2) is 4.79 Å². The third-order valence-electron chi connectivity index (χ3n) is 2.31. The normalized spacial score (nSPS) is 12.2. The molecule has 1 unspecified atom stereocenters. The highest BCUT2D eigenvalue weighted by Gasteiger charge is 2.09. The van der Waals surface area contributed by atoms with Crippen molar-refractivity contribution in [1.29, 1.82) is 0 Å². The van der Waals surface area contributed by atoms with E-state index in [1.165, 1.54) is 6.07 Å². The molecule has 0 heterocycles. The number of rotatable bonds is 6. The van der Waals surface area contributed by atoms with Crippen molar-refractivity contribution < 1.29 is 9.90 Å². The van der Waals surface area contributed by atoms with Crippen LogP contribution in [0.4, 0.5) is 5.69 Å². The van der Waals surface area contributed by atoms with Crippen LogP contribution in [0.15, 0.2) is 18.2 Å². The number of hydrogen-bond donors (Lipinski definition) is 2. The minimum absolute atomic E-state index is 0.134. The first-order valence-electron chi connectivity index (χ1n) is 5.30. The van der Waals surface area contributed by atoms with Gasteiger partial charge in [-0.05, 0) is 36.1 Å². The number of carboxylic acids is 1. The Bertz CT molecular complexity index is 398. The molecule has 1 aromatic carbocycles. The maximum Gasteiger partial charge on any atom is 0.337 e. The molecule has 1 aromatic rings. The molecule has 0 aliphatic heterocycles. The molecule has 0 spiro atoms. The molecule has 1 rings (SSSR count). The van der Waals surface area contributed by atoms with Crippen molar-refractivity contribution in [2.45, 2.75) is 6.92 Å². The van der Waals surface area contributed by atoms with Gasteiger partial charge in [0.1, 0.15) is 0 Å². The van der Waals surface area contributed by atoms with Crippen LogP contribution in [0.25, 0.3) is 0 Å². The summed E-state index contributed by atoms with van der Waals surface area (Å²) in [6.07, 6.45) is 2.08. The number of benzene rings is 1. The van der Waals surface area contributed by atoms with Gasteiger partial charge < -0.3 is 10.4 Å². The van der Waals surface area contributed by atoms with E-state index in [2.05, 4.69) is 18.5 Å². The number of aromatic carboxylic acids is 1. The molecule has 0 saturated heterocycles. The molecule has 5 heteroatoms. The number of carboxylic acid groups (broad SMARTS) is 1. The smallest absolute Gasteiger partial charge is 0.337 e. The molecule has 2 N–H and O–H groups in total. The summed E-state index contributed by atoms with van der Waals surface area (Å²) < 4.78 is 0. The summed E-state index contributed by atoms with van der Waals surface area (Å²) in [6, 6.07) is 4.91. The van der Waals surface area contributed by atoms with E-state index in [1.807, 2.05) is 11.8 Å². The number of halogens is 1. The molecule has 0 aliphatic rings. The van der Waals surface area contributed by atoms with Crippen LogP contribution in [-0.2, 0) is 0 Å². The fourth-order valence-corrected chi connectivity index (χ4v) is 2.38. The lowest BCUT2D eigenvalue weighted by molar-refractivity contribution is 0.0697. The van der Waals surface area contributed by atoms with Gasteiger partial charge >= 0.3 is 5.97 Å². The first-order chi connectivity index (χ1) is 8.04. The van der Waals surface area contributed by atoms with Gasteiger partial charge in [0.2, 0.25) is 0 Å². The molecule has 0 fully saturated rings. The monoisotopic (exact) mass is 273 g/mol. The van der Waals surface area contributed by atoms with E-state index in [4.69, 9.17) is 16.7 Å². The molecule has 0 radical (unpaired) electrons. The quantitative estimate of drug-likeness (QED) is 0.833. The summed E-state index contributed by atoms with van der Waals surface area (Å²) in [4.78, 5) is 10.8. The predicted molar refractivity (Wildman–Crippen MR) is 74.4 cm³/mol. The second-order valence-electron chi connectivity index (χ2n) is 3.94. The zero-order valence-corrected chi connectivity index (χ0v) is 11.4. The topological polar surface area (TPSA) is 49.3 Å². The highest BCUT2D eigenvalue weighted by molar-refractivity contribution is 7.98. The summed E-state index contributed by atoms with van der Waals surface area (Å²) in [5, 5.41) is 12.3. The van der Waals surface area contributed by atoms with Crippen molar-refractivity contribution in [3.8, 4) is 0 Å². The molecule has 94 valence electrons. The van der Waals surface area contributed by atoms with Gasteiger partial charge in [0, 0.05) is 12.2 Å². The van der Waals surface area contributed by atoms with Crippen LogP contribution < -0.4 is 5.32 Å². The van der Waals surface area contributed by atoms with Gasteiger partial charge in [0.05, 0.1) is 10.6 Å². The Morgan fingerprint density at radius 1 is 1.59 bits per heavy atom. The van der Waals surface area contributed by atoms with Crippen molar-refractivity contribution in [3.63, 3.8) is 0 Å². The van der Waals surface area contributed by atoms with Crippen molar-refractivity contribution in [1.82, 2.24) is 0 Å². The Labute approximate surface area is 111 Å². The highest BCUT2D eigenvalue weighted by Crippen LogP contribution is 2.21. The van der Waals surface area contributed by atoms with Crippen molar-refractivity contribution in [3.05, 3.63) is 28.8 Å². The zero-order chi connectivity index (χ0) is 12.8. The van der Waals surface area contributed by atoms with Gasteiger partial charge in [-0.15, -0.1) is 0 Å². The highest BCUT2D eigenvalue weighted by atomic mass is 35.5. The van der Waals surface area contributed by atoms with E-state index >= 15 is 0 Å². The van der Waals surface area contributed by atoms with Crippen LogP contribution in [0, 0.1) is 5.92 Å². The molecular formula is C12H16ClNO2S. The van der Waals surface area contributed by atoms with Crippen LogP contribution in [0.2, 0.25) is 5.02 Å². The Hall–Kier alpha value is -0.870. The van der Waals surface area contributed by atoms with Gasteiger partial charge in [-0.1, -0.05) is 18.5 Å². The summed E-state index contributed by atoms with van der Waals surface area (Å²) in [6.45, 7) is 3.01. The van der Waals surface area contributed by atoms with Gasteiger partial charge in [-0.2, -0.15) is 11.8 Å². The summed E-state index contributed by atoms with van der Waals surface area (Å²) >= 11 is 7.69. The van der Waals surface area contributed by atoms with Crippen LogP contribution in [0.1, 0.15) is 17.3 Å². The standard InChI is InChI=1S/C12H16ClNO2S/c1-8(7-17-2)6-14-9-3-4-10(12(15)16)11(13)5-9/h3-5,8,14H,6-7H2,1-2H3,(H,15,16). The lowest BCUT2D eigenvalue weighted by atomic mass is 10.2. The van der Waals surface area contributed by atoms with Crippen LogP contribution in [-0.4, -0.2) is 29.6 Å². The molecule has 0 saturated carbocycles. The van der Waals surface area contributed by atoms with E-state index in [1.54, 1.807) is 12.1 Å². The average Bonchev–Trinajstić information content (AvgIpc) is 2.26. The number of hydrogen-bond acceptors (Lipinski definition) is 3. The van der Waals surface area contributed by atoms with Gasteiger partial charge in [-0.3, -0.25) is 0 Å². The van der Waals surface area contributed by atoms with Crippen LogP contribution >= 0.6 is 23.4 Å².